The van der Waals surface area contributed by atoms with Crippen LogP contribution < -0.4 is 10.2 Å². The number of amides is 2. The highest BCUT2D eigenvalue weighted by Gasteiger charge is 2.56. The van der Waals surface area contributed by atoms with Crippen molar-refractivity contribution < 1.29 is 33.0 Å². The predicted octanol–water partition coefficient (Wildman–Crippen LogP) is 4.91. The standard InChI is InChI=1S/C26H22ClF3N2O4/c1-15-3-2-4-20(28)22(15)23(34)31-18-8-5-16(6-9-18)24(35)32-12-11-26(29,30)25(36,14-33)19-13-17(27)7-10-21(19)32/h2-10,13,33,36H,11-12,14H2,1H3,(H,31,34)/t25-/m0/s1. The summed E-state index contributed by atoms with van der Waals surface area (Å²) in [5.41, 5.74) is -2.53. The second-order valence-corrected chi connectivity index (χ2v) is 8.99. The Morgan fingerprint density at radius 3 is 2.44 bits per heavy atom. The number of fused-ring (bicyclic) bond motifs is 1. The molecule has 6 nitrogen and oxygen atoms in total. The predicted molar refractivity (Wildman–Crippen MR) is 129 cm³/mol. The number of anilines is 2. The molecule has 1 aliphatic rings. The van der Waals surface area contributed by atoms with E-state index < -0.39 is 48.7 Å². The van der Waals surface area contributed by atoms with Crippen LogP contribution in [0, 0.1) is 12.7 Å². The van der Waals surface area contributed by atoms with E-state index in [0.717, 1.165) is 11.0 Å². The highest BCUT2D eigenvalue weighted by molar-refractivity contribution is 6.30. The lowest BCUT2D eigenvalue weighted by Crippen LogP contribution is -2.48. The molecule has 188 valence electrons. The Hall–Kier alpha value is -3.40. The second-order valence-electron chi connectivity index (χ2n) is 8.55. The van der Waals surface area contributed by atoms with Crippen molar-refractivity contribution in [2.24, 2.45) is 0 Å². The van der Waals surface area contributed by atoms with Gasteiger partial charge in [-0.3, -0.25) is 9.59 Å². The zero-order valence-electron chi connectivity index (χ0n) is 19.1. The summed E-state index contributed by atoms with van der Waals surface area (Å²) in [6.45, 7) is -0.105. The van der Waals surface area contributed by atoms with Gasteiger partial charge in [-0.05, 0) is 61.0 Å². The van der Waals surface area contributed by atoms with Crippen molar-refractivity contribution in [1.82, 2.24) is 0 Å². The minimum Gasteiger partial charge on any atom is -0.393 e. The summed E-state index contributed by atoms with van der Waals surface area (Å²) in [6.07, 6.45) is -0.905. The number of carbonyl (C=O) groups is 2. The smallest absolute Gasteiger partial charge is 0.284 e. The first-order chi connectivity index (χ1) is 17.0. The van der Waals surface area contributed by atoms with E-state index in [1.54, 1.807) is 13.0 Å². The van der Waals surface area contributed by atoms with Crippen LogP contribution in [0.3, 0.4) is 0 Å². The highest BCUT2D eigenvalue weighted by Crippen LogP contribution is 2.47. The topological polar surface area (TPSA) is 89.9 Å². The molecule has 10 heteroatoms. The molecule has 36 heavy (non-hydrogen) atoms. The third kappa shape index (κ3) is 4.45. The highest BCUT2D eigenvalue weighted by atomic mass is 35.5. The summed E-state index contributed by atoms with van der Waals surface area (Å²) in [4.78, 5) is 26.9. The van der Waals surface area contributed by atoms with Gasteiger partial charge >= 0.3 is 0 Å². The summed E-state index contributed by atoms with van der Waals surface area (Å²) in [5.74, 6) is -5.71. The number of benzene rings is 3. The molecule has 0 bridgehead atoms. The van der Waals surface area contributed by atoms with Gasteiger partial charge in [-0.1, -0.05) is 23.7 Å². The van der Waals surface area contributed by atoms with Gasteiger partial charge in [0.25, 0.3) is 17.7 Å². The molecule has 1 atom stereocenters. The van der Waals surface area contributed by atoms with Crippen LogP contribution in [0.25, 0.3) is 0 Å². The lowest BCUT2D eigenvalue weighted by atomic mass is 9.86. The summed E-state index contributed by atoms with van der Waals surface area (Å²) in [6, 6.07) is 13.8. The molecular formula is C26H22ClF3N2O4. The van der Waals surface area contributed by atoms with Gasteiger partial charge in [-0.15, -0.1) is 0 Å². The van der Waals surface area contributed by atoms with Gasteiger partial charge < -0.3 is 20.4 Å². The van der Waals surface area contributed by atoms with Crippen LogP contribution in [-0.4, -0.2) is 41.1 Å². The van der Waals surface area contributed by atoms with Gasteiger partial charge in [0, 0.05) is 34.8 Å². The largest absolute Gasteiger partial charge is 0.393 e. The van der Waals surface area contributed by atoms with Crippen molar-refractivity contribution in [3.8, 4) is 0 Å². The molecule has 2 amide bonds. The molecule has 1 aliphatic heterocycles. The number of aliphatic hydroxyl groups excluding tert-OH is 1. The number of aryl methyl sites for hydroxylation is 1. The van der Waals surface area contributed by atoms with Crippen LogP contribution in [0.2, 0.25) is 5.02 Å². The molecule has 3 aromatic rings. The molecule has 0 radical (unpaired) electrons. The Balaban J connectivity index is 1.63. The van der Waals surface area contributed by atoms with Gasteiger partial charge in [0.1, 0.15) is 5.82 Å². The van der Waals surface area contributed by atoms with Crippen molar-refractivity contribution >= 4 is 34.8 Å². The Kier molecular flexibility index (Phi) is 6.83. The van der Waals surface area contributed by atoms with Crippen LogP contribution in [0.5, 0.6) is 0 Å². The van der Waals surface area contributed by atoms with E-state index in [9.17, 15) is 33.0 Å². The zero-order chi connectivity index (χ0) is 26.3. The van der Waals surface area contributed by atoms with Gasteiger partial charge in [-0.2, -0.15) is 0 Å². The normalized spacial score (nSPS) is 18.8. The fraction of sp³-hybridized carbons (Fsp3) is 0.231. The van der Waals surface area contributed by atoms with E-state index in [2.05, 4.69) is 5.32 Å². The first-order valence-electron chi connectivity index (χ1n) is 11.0. The summed E-state index contributed by atoms with van der Waals surface area (Å²) < 4.78 is 43.8. The quantitative estimate of drug-likeness (QED) is 0.458. The van der Waals surface area contributed by atoms with Gasteiger partial charge in [0.05, 0.1) is 17.9 Å². The van der Waals surface area contributed by atoms with Gasteiger partial charge in [0.15, 0.2) is 5.60 Å². The lowest BCUT2D eigenvalue weighted by Gasteiger charge is -2.33. The van der Waals surface area contributed by atoms with Crippen molar-refractivity contribution in [2.75, 3.05) is 23.4 Å². The SMILES string of the molecule is Cc1cccc(F)c1C(=O)Nc1ccc(C(=O)N2CCC(F)(F)[C@](O)(CO)c3cc(Cl)ccc32)cc1. The summed E-state index contributed by atoms with van der Waals surface area (Å²) >= 11 is 5.98. The first-order valence-corrected chi connectivity index (χ1v) is 11.4. The summed E-state index contributed by atoms with van der Waals surface area (Å²) in [5, 5.41) is 23.0. The minimum absolute atomic E-state index is 0.00877. The molecule has 4 rings (SSSR count). The number of nitrogens with one attached hydrogen (secondary N) is 1. The molecule has 0 spiro atoms. The monoisotopic (exact) mass is 518 g/mol. The number of halogens is 4. The molecule has 0 fully saturated rings. The third-order valence-electron chi connectivity index (χ3n) is 6.26. The minimum atomic E-state index is -3.74. The number of hydrogen-bond donors (Lipinski definition) is 3. The molecule has 0 aliphatic carbocycles. The van der Waals surface area contributed by atoms with E-state index in [1.165, 1.54) is 48.5 Å². The fourth-order valence-electron chi connectivity index (χ4n) is 4.23. The number of rotatable bonds is 4. The Labute approximate surface area is 209 Å². The van der Waals surface area contributed by atoms with Gasteiger partial charge in [0.2, 0.25) is 0 Å². The van der Waals surface area contributed by atoms with Crippen LogP contribution in [0.1, 0.15) is 38.3 Å². The maximum atomic E-state index is 14.9. The molecule has 0 saturated carbocycles. The van der Waals surface area contributed by atoms with Crippen molar-refractivity contribution in [2.45, 2.75) is 24.9 Å². The van der Waals surface area contributed by atoms with Crippen LogP contribution in [-0.2, 0) is 5.60 Å². The maximum absolute atomic E-state index is 14.9. The molecular weight excluding hydrogens is 497 g/mol. The average molecular weight is 519 g/mol. The van der Waals surface area contributed by atoms with E-state index in [4.69, 9.17) is 11.6 Å². The van der Waals surface area contributed by atoms with Gasteiger partial charge in [-0.25, -0.2) is 13.2 Å². The third-order valence-corrected chi connectivity index (χ3v) is 6.50. The van der Waals surface area contributed by atoms with Crippen molar-refractivity contribution in [1.29, 1.82) is 0 Å². The fourth-order valence-corrected chi connectivity index (χ4v) is 4.40. The summed E-state index contributed by atoms with van der Waals surface area (Å²) in [7, 11) is 0. The average Bonchev–Trinajstić information content (AvgIpc) is 2.92. The van der Waals surface area contributed by atoms with Crippen molar-refractivity contribution in [3.05, 3.63) is 93.8 Å². The van der Waals surface area contributed by atoms with E-state index in [-0.39, 0.29) is 27.4 Å². The Morgan fingerprint density at radius 2 is 1.81 bits per heavy atom. The second kappa shape index (κ2) is 9.57. The first kappa shape index (κ1) is 25.7. The Morgan fingerprint density at radius 1 is 1.11 bits per heavy atom. The number of hydrogen-bond acceptors (Lipinski definition) is 4. The van der Waals surface area contributed by atoms with Crippen LogP contribution >= 0.6 is 11.6 Å². The molecule has 1 heterocycles. The maximum Gasteiger partial charge on any atom is 0.284 e. The van der Waals surface area contributed by atoms with E-state index in [0.29, 0.717) is 11.3 Å². The zero-order valence-corrected chi connectivity index (χ0v) is 19.8. The van der Waals surface area contributed by atoms with E-state index >= 15 is 0 Å². The molecule has 0 aromatic heterocycles. The Bertz CT molecular complexity index is 1310. The van der Waals surface area contributed by atoms with E-state index in [1.807, 2.05) is 0 Å². The number of nitrogens with zero attached hydrogens (tertiary/aromatic N) is 1. The molecule has 0 saturated heterocycles. The number of aliphatic hydroxyl groups is 2. The molecule has 0 unspecified atom stereocenters. The number of alkyl halides is 2. The lowest BCUT2D eigenvalue weighted by molar-refractivity contribution is -0.205. The number of carbonyl (C=O) groups excluding carboxylic acids is 2. The van der Waals surface area contributed by atoms with Crippen LogP contribution in [0.15, 0.2) is 60.7 Å². The molecule has 3 N–H and O–H groups in total. The van der Waals surface area contributed by atoms with Crippen LogP contribution in [0.4, 0.5) is 24.5 Å². The molecule has 3 aromatic carbocycles. The van der Waals surface area contributed by atoms with Crippen molar-refractivity contribution in [3.63, 3.8) is 0 Å².